The minimum atomic E-state index is -0.436. The molecule has 149 heavy (non-hydrogen) atoms. The van der Waals surface area contributed by atoms with Crippen LogP contribution in [-0.4, -0.2) is 0 Å². The van der Waals surface area contributed by atoms with E-state index in [0.29, 0.717) is 0 Å². The van der Waals surface area contributed by atoms with Crippen molar-refractivity contribution in [3.63, 3.8) is 0 Å². The first-order valence-corrected chi connectivity index (χ1v) is 59.1. The molecule has 0 saturated heterocycles. The van der Waals surface area contributed by atoms with Crippen LogP contribution in [0.2, 0.25) is 0 Å². The number of unbranched alkanes of at least 4 members (excludes halogenated alkanes) is 28. The van der Waals surface area contributed by atoms with Gasteiger partial charge in [0, 0.05) is 88.3 Å². The number of rotatable bonds is 49. The van der Waals surface area contributed by atoms with Crippen LogP contribution >= 0.6 is 0 Å². The van der Waals surface area contributed by atoms with Gasteiger partial charge in [-0.3, -0.25) is 0 Å². The summed E-state index contributed by atoms with van der Waals surface area (Å²) in [7, 11) is 0. The zero-order chi connectivity index (χ0) is 102. The number of furan rings is 2. The van der Waals surface area contributed by atoms with Gasteiger partial charge in [0.2, 0.25) is 0 Å². The summed E-state index contributed by atoms with van der Waals surface area (Å²) in [6, 6.07) is 119. The van der Waals surface area contributed by atoms with Crippen molar-refractivity contribution in [2.75, 3.05) is 9.80 Å². The molecule has 0 amide bonds. The maximum absolute atomic E-state index is 7.35. The van der Waals surface area contributed by atoms with E-state index in [1.165, 1.54) is 359 Å². The number of benzene rings is 15. The van der Waals surface area contributed by atoms with E-state index in [1.54, 1.807) is 27.8 Å². The van der Waals surface area contributed by atoms with Crippen molar-refractivity contribution in [3.05, 3.63) is 359 Å². The van der Waals surface area contributed by atoms with Gasteiger partial charge in [-0.1, -0.05) is 463 Å². The van der Waals surface area contributed by atoms with Gasteiger partial charge in [0.25, 0.3) is 0 Å². The molecule has 5 aliphatic rings. The standard InChI is InChI=1S/C145H160N2O2/c1-11-17-23-29-35-53-89-144(90-54-36-30-24-18-12-2)124-85-86-135-138(118-62-46-49-65-133(118)148-135)137(124)122-100-130-121(99-131(122)144)116-83-78-111(97-129(116)145(130,91-55-37-31-25-19-13-3)92-56-38-32-26-20-14-4)147(109-76-74-108(75-77-109)146(106-57-41-39-42-58-106)107-59-43-40-44-60-107)110-79-84-117-127(96-110)142(9,10)132-98-120(140-139(136(117)132)119-63-47-50-66-134(119)149-140)102-69-67-101(68-70-102)103-71-80-113-114-81-72-104(94-126(114)141(7,8)125(113)93-103)105-73-82-115-112-61-45-48-64-123(112)143(128(115)95-105,87-51-33-27-21-15-5)88-52-34-28-22-16-6/h39-50,57-86,93-100H,11-38,51-56,87-92H2,1-10H3. The smallest absolute Gasteiger partial charge is 0.143 e. The van der Waals surface area contributed by atoms with Crippen molar-refractivity contribution in [2.24, 2.45) is 0 Å². The average Bonchev–Trinajstić information content (AvgIpc) is 1.52. The van der Waals surface area contributed by atoms with E-state index in [-0.39, 0.29) is 21.7 Å². The van der Waals surface area contributed by atoms with E-state index in [9.17, 15) is 0 Å². The summed E-state index contributed by atoms with van der Waals surface area (Å²) in [6.45, 7) is 24.1. The van der Waals surface area contributed by atoms with E-state index in [0.717, 1.165) is 93.0 Å². The fourth-order valence-corrected chi connectivity index (χ4v) is 28.6. The first kappa shape index (κ1) is 101. The molecule has 22 rings (SSSR count). The molecule has 5 aliphatic carbocycles. The summed E-state index contributed by atoms with van der Waals surface area (Å²) in [5, 5.41) is 4.90. The molecule has 15 aromatic carbocycles. The van der Waals surface area contributed by atoms with Crippen molar-refractivity contribution in [1.82, 2.24) is 0 Å². The molecule has 0 saturated carbocycles. The lowest BCUT2D eigenvalue weighted by atomic mass is 9.68. The Hall–Kier alpha value is -12.5. The SMILES string of the molecule is CCCCCCCCC1(CCCCCCCC)c2cc(N(c3ccc(N(c4ccccc4)c4ccccc4)cc3)c3ccc4c(c3)C(C)(C)c3cc(-c5ccc(-c6ccc7c(c6)C(C)(C)c6cc(-c8ccc9c(c8)C(CCCCCCC)(CCCCCCC)c8ccccc8-9)ccc6-7)cc5)c5oc6ccccc6c5c3-4)ccc2-c2cc3c(cc21)-c1c(ccc2oc4ccccc4c12)C3(CCCCCCCC)CCCCCCCC. The third kappa shape index (κ3) is 18.8. The fourth-order valence-electron chi connectivity index (χ4n) is 28.6. The zero-order valence-corrected chi connectivity index (χ0v) is 91.4. The Morgan fingerprint density at radius 3 is 1.02 bits per heavy atom. The molecular weight excluding hydrogens is 1800 g/mol. The Kier molecular flexibility index (Phi) is 30.0. The summed E-state index contributed by atoms with van der Waals surface area (Å²) in [4.78, 5) is 5.06. The van der Waals surface area contributed by atoms with Gasteiger partial charge in [-0.25, -0.2) is 0 Å². The van der Waals surface area contributed by atoms with Gasteiger partial charge in [-0.2, -0.15) is 0 Å². The molecular formula is C145H160N2O2. The molecule has 0 radical (unpaired) electrons. The molecule has 0 aliphatic heterocycles. The Labute approximate surface area is 891 Å². The van der Waals surface area contributed by atoms with E-state index < -0.39 is 5.41 Å². The highest BCUT2D eigenvalue weighted by molar-refractivity contribution is 6.19. The maximum atomic E-state index is 7.35. The monoisotopic (exact) mass is 1960 g/mol. The Morgan fingerprint density at radius 1 is 0.188 bits per heavy atom. The zero-order valence-electron chi connectivity index (χ0n) is 91.4. The highest BCUT2D eigenvalue weighted by Crippen LogP contribution is 2.66. The van der Waals surface area contributed by atoms with Crippen molar-refractivity contribution in [2.45, 2.75) is 353 Å². The van der Waals surface area contributed by atoms with Crippen LogP contribution in [0.5, 0.6) is 0 Å². The molecule has 0 atom stereocenters. The summed E-state index contributed by atoms with van der Waals surface area (Å²) < 4.78 is 14.4. The second-order valence-corrected chi connectivity index (χ2v) is 46.7. The van der Waals surface area contributed by atoms with Crippen LogP contribution in [0, 0.1) is 0 Å². The second kappa shape index (κ2) is 44.2. The number of hydrogen-bond acceptors (Lipinski definition) is 4. The minimum absolute atomic E-state index is 0.0323. The number of hydrogen-bond donors (Lipinski definition) is 0. The van der Waals surface area contributed by atoms with Crippen LogP contribution in [0.3, 0.4) is 0 Å². The quantitative estimate of drug-likeness (QED) is 0.0356. The van der Waals surface area contributed by atoms with Crippen LogP contribution in [0.4, 0.5) is 34.1 Å². The van der Waals surface area contributed by atoms with Crippen molar-refractivity contribution in [1.29, 1.82) is 0 Å². The summed E-state index contributed by atoms with van der Waals surface area (Å²) >= 11 is 0. The predicted molar refractivity (Wildman–Crippen MR) is 639 cm³/mol. The molecule has 2 heterocycles. The van der Waals surface area contributed by atoms with Crippen LogP contribution in [0.15, 0.2) is 312 Å². The van der Waals surface area contributed by atoms with Gasteiger partial charge in [0.1, 0.15) is 22.3 Å². The van der Waals surface area contributed by atoms with Crippen LogP contribution in [0.25, 0.3) is 133 Å². The molecule has 0 fully saturated rings. The number of anilines is 6. The molecule has 0 bridgehead atoms. The van der Waals surface area contributed by atoms with Gasteiger partial charge < -0.3 is 18.6 Å². The predicted octanol–water partition coefficient (Wildman–Crippen LogP) is 44.6. The summed E-state index contributed by atoms with van der Waals surface area (Å²) in [5.74, 6) is 0. The minimum Gasteiger partial charge on any atom is -0.456 e. The van der Waals surface area contributed by atoms with Gasteiger partial charge in [0.15, 0.2) is 0 Å². The molecule has 4 nitrogen and oxygen atoms in total. The van der Waals surface area contributed by atoms with Crippen LogP contribution < -0.4 is 9.80 Å². The van der Waals surface area contributed by atoms with E-state index in [4.69, 9.17) is 8.83 Å². The Morgan fingerprint density at radius 2 is 0.503 bits per heavy atom. The third-order valence-corrected chi connectivity index (χ3v) is 36.6. The molecule has 0 N–H and O–H groups in total. The van der Waals surface area contributed by atoms with Gasteiger partial charge in [-0.05, 0) is 305 Å². The lowest BCUT2D eigenvalue weighted by Gasteiger charge is -2.35. The highest BCUT2D eigenvalue weighted by atomic mass is 16.3. The molecule has 4 heteroatoms. The lowest BCUT2D eigenvalue weighted by molar-refractivity contribution is 0.394. The van der Waals surface area contributed by atoms with Crippen LogP contribution in [0.1, 0.15) is 382 Å². The topological polar surface area (TPSA) is 32.8 Å². The largest absolute Gasteiger partial charge is 0.456 e. The summed E-state index contributed by atoms with van der Waals surface area (Å²) in [6.07, 6.45) is 50.4. The van der Waals surface area contributed by atoms with Gasteiger partial charge in [0.05, 0.1) is 0 Å². The number of fused-ring (bicyclic) bond motifs is 23. The van der Waals surface area contributed by atoms with E-state index in [2.05, 4.69) is 382 Å². The molecule has 0 unspecified atom stereocenters. The van der Waals surface area contributed by atoms with Crippen molar-refractivity contribution in [3.8, 4) is 89.0 Å². The van der Waals surface area contributed by atoms with Crippen molar-refractivity contribution < 1.29 is 8.83 Å². The van der Waals surface area contributed by atoms with Crippen LogP contribution in [-0.2, 0) is 27.1 Å². The number of para-hydroxylation sites is 4. The highest BCUT2D eigenvalue weighted by Gasteiger charge is 2.51. The Balaban J connectivity index is 0.648. The molecule has 0 spiro atoms. The molecule has 2 aromatic heterocycles. The van der Waals surface area contributed by atoms with Crippen molar-refractivity contribution >= 4 is 78.0 Å². The van der Waals surface area contributed by atoms with E-state index in [1.807, 2.05) is 0 Å². The normalized spacial score (nSPS) is 14.5. The first-order valence-electron chi connectivity index (χ1n) is 59.1. The van der Waals surface area contributed by atoms with E-state index >= 15 is 0 Å². The number of nitrogens with zero attached hydrogens (tertiary/aromatic N) is 2. The van der Waals surface area contributed by atoms with Gasteiger partial charge in [-0.15, -0.1) is 0 Å². The molecule has 17 aromatic rings. The Bertz CT molecular complexity index is 7530. The average molecular weight is 1960 g/mol. The van der Waals surface area contributed by atoms with Gasteiger partial charge >= 0.3 is 0 Å². The first-order chi connectivity index (χ1) is 73.2. The summed E-state index contributed by atoms with van der Waals surface area (Å²) in [5.41, 5.74) is 45.8. The fraction of sp³-hybridized carbons (Fsp3) is 0.379. The maximum Gasteiger partial charge on any atom is 0.143 e. The molecule has 762 valence electrons. The third-order valence-electron chi connectivity index (χ3n) is 36.6. The lowest BCUT2D eigenvalue weighted by Crippen LogP contribution is -2.27. The second-order valence-electron chi connectivity index (χ2n) is 46.7.